The molecule has 1 aromatic rings. The zero-order chi connectivity index (χ0) is 10.7. The summed E-state index contributed by atoms with van der Waals surface area (Å²) in [6.45, 7) is 3.86. The van der Waals surface area contributed by atoms with E-state index in [1.165, 1.54) is 0 Å². The molecule has 0 unspecified atom stereocenters. The van der Waals surface area contributed by atoms with E-state index in [2.05, 4.69) is 6.07 Å². The van der Waals surface area contributed by atoms with Crippen molar-refractivity contribution in [2.24, 2.45) is 0 Å². The molecular formula is C11H13O3. The Morgan fingerprint density at radius 3 is 2.57 bits per heavy atom. The molecule has 0 atom stereocenters. The Bertz CT molecular complexity index is 363. The Balaban J connectivity index is 3.02. The second-order valence-electron chi connectivity index (χ2n) is 3.35. The number of phenolic OH excluding ortho intramolecular Hbond substituents is 3. The minimum absolute atomic E-state index is 0.169. The molecule has 0 aromatic heterocycles. The number of rotatable bonds is 2. The summed E-state index contributed by atoms with van der Waals surface area (Å²) in [5.41, 5.74) is 1.49. The minimum Gasteiger partial charge on any atom is -0.507 e. The standard InChI is InChI=1S/C11H13O3/c1-7(2)3-4-8-5-9(12)6-10(13)11(8)14/h3,6,12-14H,4H2,1-2H3. The highest BCUT2D eigenvalue weighted by molar-refractivity contribution is 5.49. The molecule has 1 aromatic carbocycles. The summed E-state index contributed by atoms with van der Waals surface area (Å²) in [5.74, 6) is -0.712. The van der Waals surface area contributed by atoms with Crippen LogP contribution in [0.1, 0.15) is 19.4 Å². The van der Waals surface area contributed by atoms with Gasteiger partial charge in [0.1, 0.15) is 5.75 Å². The fourth-order valence-electron chi connectivity index (χ4n) is 1.06. The van der Waals surface area contributed by atoms with Crippen molar-refractivity contribution in [1.29, 1.82) is 0 Å². The molecule has 0 aliphatic heterocycles. The van der Waals surface area contributed by atoms with Gasteiger partial charge in [0, 0.05) is 17.7 Å². The number of hydrogen-bond acceptors (Lipinski definition) is 3. The predicted octanol–water partition coefficient (Wildman–Crippen LogP) is 2.11. The fourth-order valence-corrected chi connectivity index (χ4v) is 1.06. The van der Waals surface area contributed by atoms with E-state index in [0.29, 0.717) is 12.0 Å². The summed E-state index contributed by atoms with van der Waals surface area (Å²) in [7, 11) is 0. The van der Waals surface area contributed by atoms with E-state index in [1.807, 2.05) is 19.9 Å². The van der Waals surface area contributed by atoms with Gasteiger partial charge in [-0.1, -0.05) is 11.6 Å². The van der Waals surface area contributed by atoms with Crippen molar-refractivity contribution in [3.8, 4) is 17.2 Å². The number of allylic oxidation sites excluding steroid dienone is 2. The van der Waals surface area contributed by atoms with E-state index in [1.54, 1.807) is 0 Å². The van der Waals surface area contributed by atoms with E-state index in [0.717, 1.165) is 11.6 Å². The zero-order valence-corrected chi connectivity index (χ0v) is 8.20. The van der Waals surface area contributed by atoms with Gasteiger partial charge in [-0.05, 0) is 20.3 Å². The van der Waals surface area contributed by atoms with E-state index >= 15 is 0 Å². The summed E-state index contributed by atoms with van der Waals surface area (Å²) < 4.78 is 0. The molecule has 3 heteroatoms. The fraction of sp³-hybridized carbons (Fsp3) is 0.273. The zero-order valence-electron chi connectivity index (χ0n) is 8.20. The average molecular weight is 193 g/mol. The first kappa shape index (κ1) is 10.4. The van der Waals surface area contributed by atoms with E-state index in [9.17, 15) is 10.2 Å². The Hall–Kier alpha value is -1.64. The van der Waals surface area contributed by atoms with Crippen LogP contribution in [-0.2, 0) is 6.42 Å². The Morgan fingerprint density at radius 2 is 2.00 bits per heavy atom. The molecule has 0 aliphatic carbocycles. The largest absolute Gasteiger partial charge is 0.507 e. The third kappa shape index (κ3) is 2.42. The van der Waals surface area contributed by atoms with Gasteiger partial charge in [0.2, 0.25) is 0 Å². The van der Waals surface area contributed by atoms with Crippen LogP contribution in [0.3, 0.4) is 0 Å². The van der Waals surface area contributed by atoms with Gasteiger partial charge < -0.3 is 15.3 Å². The van der Waals surface area contributed by atoms with Crippen molar-refractivity contribution in [3.05, 3.63) is 29.3 Å². The van der Waals surface area contributed by atoms with Crippen molar-refractivity contribution in [1.82, 2.24) is 0 Å². The second-order valence-corrected chi connectivity index (χ2v) is 3.35. The third-order valence-electron chi connectivity index (χ3n) is 1.80. The smallest absolute Gasteiger partial charge is 0.161 e. The van der Waals surface area contributed by atoms with Crippen LogP contribution >= 0.6 is 0 Å². The predicted molar refractivity (Wildman–Crippen MR) is 53.4 cm³/mol. The lowest BCUT2D eigenvalue weighted by atomic mass is 10.1. The molecule has 3 nitrogen and oxygen atoms in total. The molecule has 0 saturated heterocycles. The van der Waals surface area contributed by atoms with E-state index < -0.39 is 0 Å². The van der Waals surface area contributed by atoms with Crippen LogP contribution in [0, 0.1) is 6.07 Å². The second kappa shape index (κ2) is 4.05. The van der Waals surface area contributed by atoms with Crippen molar-refractivity contribution in [3.63, 3.8) is 0 Å². The maximum absolute atomic E-state index is 9.41. The van der Waals surface area contributed by atoms with Gasteiger partial charge in [-0.25, -0.2) is 0 Å². The van der Waals surface area contributed by atoms with Gasteiger partial charge in [0.25, 0.3) is 0 Å². The Labute approximate surface area is 82.9 Å². The highest BCUT2D eigenvalue weighted by Crippen LogP contribution is 2.33. The maximum atomic E-state index is 9.41. The van der Waals surface area contributed by atoms with E-state index in [4.69, 9.17) is 5.11 Å². The molecule has 0 aliphatic rings. The van der Waals surface area contributed by atoms with Gasteiger partial charge in [-0.15, -0.1) is 0 Å². The third-order valence-corrected chi connectivity index (χ3v) is 1.80. The van der Waals surface area contributed by atoms with Crippen LogP contribution < -0.4 is 0 Å². The molecule has 14 heavy (non-hydrogen) atoms. The first-order valence-corrected chi connectivity index (χ1v) is 4.30. The molecule has 1 radical (unpaired) electrons. The molecule has 0 spiro atoms. The van der Waals surface area contributed by atoms with Crippen LogP contribution in [0.2, 0.25) is 0 Å². The van der Waals surface area contributed by atoms with Gasteiger partial charge in [-0.3, -0.25) is 0 Å². The molecule has 75 valence electrons. The summed E-state index contributed by atoms with van der Waals surface area (Å²) in [6, 6.07) is 3.63. The summed E-state index contributed by atoms with van der Waals surface area (Å²) in [6.07, 6.45) is 2.32. The van der Waals surface area contributed by atoms with Crippen molar-refractivity contribution >= 4 is 0 Å². The molecule has 3 N–H and O–H groups in total. The summed E-state index contributed by atoms with van der Waals surface area (Å²) >= 11 is 0. The van der Waals surface area contributed by atoms with Crippen LogP contribution in [0.15, 0.2) is 17.7 Å². The quantitative estimate of drug-likeness (QED) is 0.383. The lowest BCUT2D eigenvalue weighted by Crippen LogP contribution is -1.85. The summed E-state index contributed by atoms with van der Waals surface area (Å²) in [4.78, 5) is 0. The molecular weight excluding hydrogens is 180 g/mol. The van der Waals surface area contributed by atoms with Gasteiger partial charge in [0.15, 0.2) is 11.5 Å². The monoisotopic (exact) mass is 193 g/mol. The van der Waals surface area contributed by atoms with Crippen molar-refractivity contribution < 1.29 is 15.3 Å². The maximum Gasteiger partial charge on any atom is 0.161 e. The van der Waals surface area contributed by atoms with Crippen LogP contribution in [0.4, 0.5) is 0 Å². The number of aromatic hydroxyl groups is 3. The highest BCUT2D eigenvalue weighted by Gasteiger charge is 2.07. The molecule has 0 bridgehead atoms. The number of hydrogen-bond donors (Lipinski definition) is 3. The van der Waals surface area contributed by atoms with E-state index in [-0.39, 0.29) is 17.2 Å². The minimum atomic E-state index is -0.321. The average Bonchev–Trinajstić information content (AvgIpc) is 2.08. The molecule has 0 amide bonds. The molecule has 0 saturated carbocycles. The molecule has 1 rings (SSSR count). The number of benzene rings is 1. The van der Waals surface area contributed by atoms with Crippen LogP contribution in [-0.4, -0.2) is 15.3 Å². The SMILES string of the molecule is CC(C)=CCc1[c]c(O)cc(O)c1O. The Kier molecular flexibility index (Phi) is 3.02. The van der Waals surface area contributed by atoms with Gasteiger partial charge >= 0.3 is 0 Å². The van der Waals surface area contributed by atoms with Crippen molar-refractivity contribution in [2.45, 2.75) is 20.3 Å². The van der Waals surface area contributed by atoms with Crippen LogP contribution in [0.25, 0.3) is 0 Å². The Morgan fingerprint density at radius 1 is 1.36 bits per heavy atom. The number of phenols is 3. The van der Waals surface area contributed by atoms with Gasteiger partial charge in [-0.2, -0.15) is 0 Å². The van der Waals surface area contributed by atoms with Crippen LogP contribution in [0.5, 0.6) is 17.2 Å². The topological polar surface area (TPSA) is 60.7 Å². The summed E-state index contributed by atoms with van der Waals surface area (Å²) in [5, 5.41) is 27.7. The first-order chi connectivity index (χ1) is 6.50. The lowest BCUT2D eigenvalue weighted by Gasteiger charge is -2.04. The van der Waals surface area contributed by atoms with Gasteiger partial charge in [0.05, 0.1) is 0 Å². The molecule has 0 heterocycles. The molecule has 0 fully saturated rings. The first-order valence-electron chi connectivity index (χ1n) is 4.30. The van der Waals surface area contributed by atoms with Crippen molar-refractivity contribution in [2.75, 3.05) is 0 Å². The normalized spacial score (nSPS) is 9.86. The lowest BCUT2D eigenvalue weighted by molar-refractivity contribution is 0.392. The highest BCUT2D eigenvalue weighted by atomic mass is 16.3.